The molecule has 0 aromatic heterocycles. The van der Waals surface area contributed by atoms with Gasteiger partial charge < -0.3 is 2.85 Å². The molecule has 2 N–H and O–H groups in total. The number of hydrogen-bond acceptors (Lipinski definition) is 6. The molecular formula is C20H16N2Na2O6S2. The van der Waals surface area contributed by atoms with E-state index in [0.717, 1.165) is 0 Å². The fourth-order valence-corrected chi connectivity index (χ4v) is 4.64. The summed E-state index contributed by atoms with van der Waals surface area (Å²) < 4.78 is 65.8. The van der Waals surface area contributed by atoms with E-state index in [1.54, 1.807) is 48.5 Å². The second-order valence-electron chi connectivity index (χ2n) is 6.44. The van der Waals surface area contributed by atoms with Gasteiger partial charge in [0.05, 0.1) is 11.4 Å². The van der Waals surface area contributed by atoms with Gasteiger partial charge in [-0.25, -0.2) is 0 Å². The van der Waals surface area contributed by atoms with E-state index in [1.165, 1.54) is 24.3 Å². The number of nitrogens with zero attached hydrogens (tertiary/aromatic N) is 2. The maximum atomic E-state index is 11.8. The molecule has 0 bridgehead atoms. The molecule has 12 heteroatoms. The summed E-state index contributed by atoms with van der Waals surface area (Å²) in [5, 5.41) is 9.82. The molecule has 0 aliphatic rings. The quantitative estimate of drug-likeness (QED) is 0.217. The predicted molar refractivity (Wildman–Crippen MR) is 114 cm³/mol. The molecule has 0 spiro atoms. The Kier molecular flexibility index (Phi) is 8.79. The second kappa shape index (κ2) is 10.4. The zero-order chi connectivity index (χ0) is 21.5. The van der Waals surface area contributed by atoms with E-state index < -0.39 is 20.2 Å². The Morgan fingerprint density at radius 1 is 0.625 bits per heavy atom. The molecule has 0 aliphatic carbocycles. The van der Waals surface area contributed by atoms with E-state index in [2.05, 4.69) is 10.2 Å². The van der Waals surface area contributed by atoms with Crippen LogP contribution in [0.25, 0.3) is 21.5 Å². The first-order chi connectivity index (χ1) is 14.1. The summed E-state index contributed by atoms with van der Waals surface area (Å²) in [6.45, 7) is 0. The Bertz CT molecular complexity index is 1570. The van der Waals surface area contributed by atoms with Gasteiger partial charge in [-0.1, -0.05) is 48.5 Å². The van der Waals surface area contributed by atoms with Crippen molar-refractivity contribution in [2.75, 3.05) is 0 Å². The van der Waals surface area contributed by atoms with E-state index in [-0.39, 0.29) is 82.8 Å². The minimum Gasteiger partial charge on any atom is -1.00 e. The molecular weight excluding hydrogens is 474 g/mol. The standard InChI is InChI=1S/C20H14N2O6S2.2Na.2H/c23-29(24,25)19-10-9-18(16-7-3-4-8-17(16)19)22-21-14-11-13-5-1-2-6-15(13)20(12-14)30(26,27)28;;;;/h1-12H,(H,23,24,25)(H,26,27,28);;;;/q;2*+1;2*-1. The molecule has 8 nitrogen and oxygen atoms in total. The predicted octanol–water partition coefficient (Wildman–Crippen LogP) is -0.865. The van der Waals surface area contributed by atoms with Crippen molar-refractivity contribution in [2.45, 2.75) is 9.79 Å². The molecule has 0 unspecified atom stereocenters. The zero-order valence-electron chi connectivity index (χ0n) is 19.2. The molecule has 4 rings (SSSR count). The van der Waals surface area contributed by atoms with Gasteiger partial charge in [0.1, 0.15) is 9.79 Å². The third-order valence-electron chi connectivity index (χ3n) is 4.50. The molecule has 156 valence electrons. The first kappa shape index (κ1) is 27.1. The van der Waals surface area contributed by atoms with Crippen molar-refractivity contribution >= 4 is 53.2 Å². The Hall–Kier alpha value is -1.18. The molecule has 0 atom stereocenters. The van der Waals surface area contributed by atoms with Gasteiger partial charge in [0.25, 0.3) is 20.2 Å². The Labute approximate surface area is 231 Å². The topological polar surface area (TPSA) is 133 Å². The summed E-state index contributed by atoms with van der Waals surface area (Å²) >= 11 is 0. The molecule has 4 aromatic rings. The average Bonchev–Trinajstić information content (AvgIpc) is 2.69. The van der Waals surface area contributed by atoms with Crippen LogP contribution in [0.5, 0.6) is 0 Å². The molecule has 32 heavy (non-hydrogen) atoms. The summed E-state index contributed by atoms with van der Waals surface area (Å²) in [5.41, 5.74) is 0.504. The van der Waals surface area contributed by atoms with E-state index >= 15 is 0 Å². The van der Waals surface area contributed by atoms with Crippen LogP contribution in [0.1, 0.15) is 2.85 Å². The number of rotatable bonds is 4. The smallest absolute Gasteiger partial charge is 1.00 e. The third kappa shape index (κ3) is 5.65. The van der Waals surface area contributed by atoms with Crippen molar-refractivity contribution in [3.8, 4) is 0 Å². The Morgan fingerprint density at radius 2 is 1.19 bits per heavy atom. The number of fused-ring (bicyclic) bond motifs is 2. The van der Waals surface area contributed by atoms with Gasteiger partial charge >= 0.3 is 59.1 Å². The molecule has 0 heterocycles. The Balaban J connectivity index is 0.00000272. The van der Waals surface area contributed by atoms with Crippen LogP contribution in [0, 0.1) is 0 Å². The largest absolute Gasteiger partial charge is 1.00 e. The molecule has 0 radical (unpaired) electrons. The van der Waals surface area contributed by atoms with Crippen molar-refractivity contribution in [3.63, 3.8) is 0 Å². The van der Waals surface area contributed by atoms with Crippen molar-refractivity contribution in [3.05, 3.63) is 72.8 Å². The maximum absolute atomic E-state index is 11.8. The second-order valence-corrected chi connectivity index (χ2v) is 9.22. The molecule has 0 amide bonds. The first-order valence-corrected chi connectivity index (χ1v) is 11.4. The molecule has 0 saturated heterocycles. The van der Waals surface area contributed by atoms with Crippen LogP contribution in [-0.4, -0.2) is 25.9 Å². The number of hydrogen-bond donors (Lipinski definition) is 2. The van der Waals surface area contributed by atoms with Crippen LogP contribution in [0.2, 0.25) is 0 Å². The fourth-order valence-electron chi connectivity index (χ4n) is 3.21. The Morgan fingerprint density at radius 3 is 1.81 bits per heavy atom. The molecule has 0 fully saturated rings. The van der Waals surface area contributed by atoms with Crippen LogP contribution >= 0.6 is 0 Å². The minimum absolute atomic E-state index is 0. The van der Waals surface area contributed by atoms with E-state index in [1.807, 2.05) is 0 Å². The van der Waals surface area contributed by atoms with Gasteiger partial charge in [-0.15, -0.1) is 5.11 Å². The van der Waals surface area contributed by atoms with Crippen LogP contribution in [0.3, 0.4) is 0 Å². The number of azo groups is 1. The minimum atomic E-state index is -4.49. The SMILES string of the molecule is O=S(=O)(O)c1cc(N=Nc2ccc(S(=O)(=O)O)c3ccccc23)cc2ccccc12.[H-].[H-].[Na+].[Na+]. The van der Waals surface area contributed by atoms with Gasteiger partial charge in [0.15, 0.2) is 0 Å². The third-order valence-corrected chi connectivity index (χ3v) is 6.30. The van der Waals surface area contributed by atoms with Gasteiger partial charge in [-0.3, -0.25) is 9.11 Å². The summed E-state index contributed by atoms with van der Waals surface area (Å²) in [5.74, 6) is 0. The van der Waals surface area contributed by atoms with Crippen LogP contribution in [0.4, 0.5) is 11.4 Å². The zero-order valence-corrected chi connectivity index (χ0v) is 22.8. The van der Waals surface area contributed by atoms with Crippen molar-refractivity contribution in [2.24, 2.45) is 10.2 Å². The summed E-state index contributed by atoms with van der Waals surface area (Å²) in [4.78, 5) is -0.544. The van der Waals surface area contributed by atoms with Crippen LogP contribution < -0.4 is 59.1 Å². The van der Waals surface area contributed by atoms with E-state index in [9.17, 15) is 25.9 Å². The number of benzene rings is 4. The maximum Gasteiger partial charge on any atom is 1.00 e. The van der Waals surface area contributed by atoms with Crippen molar-refractivity contribution in [1.29, 1.82) is 0 Å². The molecule has 0 saturated carbocycles. The average molecular weight is 490 g/mol. The van der Waals surface area contributed by atoms with Crippen molar-refractivity contribution < 1.29 is 87.9 Å². The van der Waals surface area contributed by atoms with Gasteiger partial charge in [-0.05, 0) is 29.7 Å². The van der Waals surface area contributed by atoms with E-state index in [4.69, 9.17) is 0 Å². The fraction of sp³-hybridized carbons (Fsp3) is 0. The van der Waals surface area contributed by atoms with Gasteiger partial charge in [-0.2, -0.15) is 21.9 Å². The van der Waals surface area contributed by atoms with E-state index in [0.29, 0.717) is 21.8 Å². The summed E-state index contributed by atoms with van der Waals surface area (Å²) in [7, 11) is -8.91. The van der Waals surface area contributed by atoms with Gasteiger partial charge in [0.2, 0.25) is 0 Å². The summed E-state index contributed by atoms with van der Waals surface area (Å²) in [6.07, 6.45) is 0. The van der Waals surface area contributed by atoms with Crippen LogP contribution in [0.15, 0.2) is 92.8 Å². The van der Waals surface area contributed by atoms with Crippen molar-refractivity contribution in [1.82, 2.24) is 0 Å². The monoisotopic (exact) mass is 490 g/mol. The van der Waals surface area contributed by atoms with Crippen LogP contribution in [-0.2, 0) is 20.2 Å². The molecule has 4 aromatic carbocycles. The van der Waals surface area contributed by atoms with Gasteiger partial charge in [0, 0.05) is 16.2 Å². The molecule has 0 aliphatic heterocycles. The summed E-state index contributed by atoms with van der Waals surface area (Å²) in [6, 6.07) is 18.5. The first-order valence-electron chi connectivity index (χ1n) is 8.56. The normalized spacial score (nSPS) is 11.9.